The minimum Gasteiger partial charge on any atom is -0.385 e. The van der Waals surface area contributed by atoms with Crippen molar-refractivity contribution in [1.82, 2.24) is 4.90 Å². The van der Waals surface area contributed by atoms with Gasteiger partial charge in [-0.15, -0.1) is 11.3 Å². The van der Waals surface area contributed by atoms with Gasteiger partial charge in [0.05, 0.1) is 5.56 Å². The van der Waals surface area contributed by atoms with E-state index < -0.39 is 0 Å². The van der Waals surface area contributed by atoms with Gasteiger partial charge in [-0.3, -0.25) is 4.79 Å². The molecule has 1 aromatic carbocycles. The van der Waals surface area contributed by atoms with Crippen molar-refractivity contribution in [2.45, 2.75) is 20.3 Å². The Balaban J connectivity index is 2.07. The molecule has 0 spiro atoms. The molecule has 0 aliphatic carbocycles. The van der Waals surface area contributed by atoms with Gasteiger partial charge in [0.2, 0.25) is 0 Å². The van der Waals surface area contributed by atoms with Crippen LogP contribution in [-0.2, 0) is 6.42 Å². The lowest BCUT2D eigenvalue weighted by atomic mass is 10.1. The van der Waals surface area contributed by atoms with Crippen LogP contribution >= 0.6 is 11.3 Å². The van der Waals surface area contributed by atoms with E-state index in [1.165, 1.54) is 4.88 Å². The summed E-state index contributed by atoms with van der Waals surface area (Å²) in [5.41, 5.74) is 2.82. The fourth-order valence-electron chi connectivity index (χ4n) is 2.22. The lowest BCUT2D eigenvalue weighted by Gasteiger charge is -2.19. The highest BCUT2D eigenvalue weighted by Crippen LogP contribution is 2.19. The Kier molecular flexibility index (Phi) is 5.39. The third-order valence-corrected chi connectivity index (χ3v) is 4.33. The molecule has 1 heterocycles. The molecule has 0 atom stereocenters. The van der Waals surface area contributed by atoms with Gasteiger partial charge >= 0.3 is 0 Å². The molecule has 2 aromatic rings. The second-order valence-corrected chi connectivity index (χ2v) is 6.17. The van der Waals surface area contributed by atoms with Gasteiger partial charge in [-0.25, -0.2) is 0 Å². The molecule has 0 unspecified atom stereocenters. The van der Waals surface area contributed by atoms with E-state index in [1.807, 2.05) is 45.2 Å². The van der Waals surface area contributed by atoms with Crippen LogP contribution in [0.4, 0.5) is 5.69 Å². The summed E-state index contributed by atoms with van der Waals surface area (Å²) < 4.78 is 0. The minimum atomic E-state index is 0.0718. The van der Waals surface area contributed by atoms with Gasteiger partial charge in [0, 0.05) is 30.7 Å². The molecule has 1 aromatic heterocycles. The molecular formula is C17H22N2OS. The minimum absolute atomic E-state index is 0.0718. The second-order valence-electron chi connectivity index (χ2n) is 5.14. The number of nitrogens with zero attached hydrogens (tertiary/aromatic N) is 1. The van der Waals surface area contributed by atoms with E-state index in [2.05, 4.69) is 16.8 Å². The van der Waals surface area contributed by atoms with Crippen molar-refractivity contribution >= 4 is 22.9 Å². The molecule has 2 rings (SSSR count). The molecule has 0 aliphatic heterocycles. The molecule has 0 saturated heterocycles. The molecule has 112 valence electrons. The predicted molar refractivity (Wildman–Crippen MR) is 90.3 cm³/mol. The summed E-state index contributed by atoms with van der Waals surface area (Å²) in [7, 11) is 1.87. The van der Waals surface area contributed by atoms with Gasteiger partial charge in [-0.05, 0) is 49.4 Å². The number of carbonyl (C=O) groups excluding carboxylic acids is 1. The number of carbonyl (C=O) groups is 1. The number of aryl methyl sites for hydroxylation is 1. The molecule has 1 amide bonds. The number of thiophene rings is 1. The maximum Gasteiger partial charge on any atom is 0.255 e. The van der Waals surface area contributed by atoms with E-state index in [9.17, 15) is 4.79 Å². The molecule has 0 fully saturated rings. The number of rotatable bonds is 6. The number of hydrogen-bond acceptors (Lipinski definition) is 3. The van der Waals surface area contributed by atoms with Crippen molar-refractivity contribution < 1.29 is 4.79 Å². The van der Waals surface area contributed by atoms with Crippen LogP contribution in [0.25, 0.3) is 0 Å². The molecule has 4 heteroatoms. The highest BCUT2D eigenvalue weighted by atomic mass is 32.1. The van der Waals surface area contributed by atoms with Crippen molar-refractivity contribution in [3.63, 3.8) is 0 Å². The van der Waals surface area contributed by atoms with Crippen LogP contribution in [0.3, 0.4) is 0 Å². The predicted octanol–water partition coefficient (Wildman–Crippen LogP) is 3.80. The Morgan fingerprint density at radius 1 is 1.33 bits per heavy atom. The Bertz CT molecular complexity index is 593. The molecule has 0 radical (unpaired) electrons. The molecule has 1 N–H and O–H groups in total. The number of hydrogen-bond donors (Lipinski definition) is 1. The third kappa shape index (κ3) is 4.08. The average Bonchev–Trinajstić information content (AvgIpc) is 2.98. The molecule has 21 heavy (non-hydrogen) atoms. The summed E-state index contributed by atoms with van der Waals surface area (Å²) >= 11 is 1.74. The maximum atomic E-state index is 12.6. The van der Waals surface area contributed by atoms with Gasteiger partial charge in [0.1, 0.15) is 0 Å². The van der Waals surface area contributed by atoms with Crippen molar-refractivity contribution in [3.8, 4) is 0 Å². The Labute approximate surface area is 130 Å². The van der Waals surface area contributed by atoms with Crippen molar-refractivity contribution in [2.75, 3.05) is 25.5 Å². The van der Waals surface area contributed by atoms with Crippen LogP contribution in [-0.4, -0.2) is 30.9 Å². The lowest BCUT2D eigenvalue weighted by Crippen LogP contribution is -2.29. The van der Waals surface area contributed by atoms with Crippen LogP contribution in [0.2, 0.25) is 0 Å². The van der Waals surface area contributed by atoms with Gasteiger partial charge < -0.3 is 10.2 Å². The monoisotopic (exact) mass is 302 g/mol. The van der Waals surface area contributed by atoms with E-state index in [-0.39, 0.29) is 5.91 Å². The fourth-order valence-corrected chi connectivity index (χ4v) is 2.92. The first-order chi connectivity index (χ1) is 10.1. The summed E-state index contributed by atoms with van der Waals surface area (Å²) in [6, 6.07) is 10.1. The van der Waals surface area contributed by atoms with Gasteiger partial charge in [-0.1, -0.05) is 12.1 Å². The van der Waals surface area contributed by atoms with Gasteiger partial charge in [0.25, 0.3) is 5.91 Å². The van der Waals surface area contributed by atoms with E-state index in [0.717, 1.165) is 36.3 Å². The number of likely N-dealkylation sites (N-methyl/N-ethyl adjacent to an activating group) is 1. The molecule has 0 aliphatic rings. The highest BCUT2D eigenvalue weighted by molar-refractivity contribution is 7.09. The van der Waals surface area contributed by atoms with E-state index in [4.69, 9.17) is 0 Å². The standard InChI is InChI=1S/C17H22N2OS/c1-4-18-16-12-13(2)7-8-15(16)17(20)19(3)10-9-14-6-5-11-21-14/h5-8,11-12,18H,4,9-10H2,1-3H3. The zero-order chi connectivity index (χ0) is 15.2. The summed E-state index contributed by atoms with van der Waals surface area (Å²) in [5, 5.41) is 5.35. The fraction of sp³-hybridized carbons (Fsp3) is 0.353. The molecule has 0 bridgehead atoms. The second kappa shape index (κ2) is 7.27. The van der Waals surface area contributed by atoms with E-state index >= 15 is 0 Å². The van der Waals surface area contributed by atoms with Crippen LogP contribution in [0.5, 0.6) is 0 Å². The van der Waals surface area contributed by atoms with Gasteiger partial charge in [-0.2, -0.15) is 0 Å². The third-order valence-electron chi connectivity index (χ3n) is 3.39. The average molecular weight is 302 g/mol. The van der Waals surface area contributed by atoms with Crippen LogP contribution in [0.1, 0.15) is 27.7 Å². The summed E-state index contributed by atoms with van der Waals surface area (Å²) in [4.78, 5) is 15.7. The summed E-state index contributed by atoms with van der Waals surface area (Å²) in [6.07, 6.45) is 0.905. The van der Waals surface area contributed by atoms with Crippen LogP contribution < -0.4 is 5.32 Å². The smallest absolute Gasteiger partial charge is 0.255 e. The summed E-state index contributed by atoms with van der Waals surface area (Å²) in [6.45, 7) is 5.62. The molecular weight excluding hydrogens is 280 g/mol. The highest BCUT2D eigenvalue weighted by Gasteiger charge is 2.15. The Hall–Kier alpha value is -1.81. The van der Waals surface area contributed by atoms with E-state index in [0.29, 0.717) is 0 Å². The zero-order valence-corrected chi connectivity index (χ0v) is 13.7. The van der Waals surface area contributed by atoms with Crippen LogP contribution in [0, 0.1) is 6.92 Å². The van der Waals surface area contributed by atoms with Crippen molar-refractivity contribution in [2.24, 2.45) is 0 Å². The largest absolute Gasteiger partial charge is 0.385 e. The van der Waals surface area contributed by atoms with Crippen molar-refractivity contribution in [3.05, 3.63) is 51.7 Å². The van der Waals surface area contributed by atoms with Gasteiger partial charge in [0.15, 0.2) is 0 Å². The SMILES string of the molecule is CCNc1cc(C)ccc1C(=O)N(C)CCc1cccs1. The Morgan fingerprint density at radius 2 is 2.14 bits per heavy atom. The first kappa shape index (κ1) is 15.6. The van der Waals surface area contributed by atoms with E-state index in [1.54, 1.807) is 16.2 Å². The Morgan fingerprint density at radius 3 is 2.81 bits per heavy atom. The number of anilines is 1. The molecule has 0 saturated carbocycles. The van der Waals surface area contributed by atoms with Crippen LogP contribution in [0.15, 0.2) is 35.7 Å². The lowest BCUT2D eigenvalue weighted by molar-refractivity contribution is 0.0798. The zero-order valence-electron chi connectivity index (χ0n) is 12.8. The number of nitrogens with one attached hydrogen (secondary N) is 1. The maximum absolute atomic E-state index is 12.6. The molecule has 3 nitrogen and oxygen atoms in total. The normalized spacial score (nSPS) is 10.4. The topological polar surface area (TPSA) is 32.3 Å². The number of benzene rings is 1. The summed E-state index contributed by atoms with van der Waals surface area (Å²) in [5.74, 6) is 0.0718. The number of amides is 1. The first-order valence-corrected chi connectivity index (χ1v) is 8.12. The van der Waals surface area contributed by atoms with Crippen molar-refractivity contribution in [1.29, 1.82) is 0 Å². The quantitative estimate of drug-likeness (QED) is 0.880. The first-order valence-electron chi connectivity index (χ1n) is 7.24.